The van der Waals surface area contributed by atoms with Crippen molar-refractivity contribution in [2.45, 2.75) is 26.7 Å². The number of hydrogen-bond acceptors (Lipinski definition) is 6. The number of carbonyl (C=O) groups is 1. The van der Waals surface area contributed by atoms with Gasteiger partial charge in [0.25, 0.3) is 5.91 Å². The molecule has 1 aromatic carbocycles. The largest absolute Gasteiger partial charge is 0.356 e. The van der Waals surface area contributed by atoms with Crippen molar-refractivity contribution in [1.82, 2.24) is 25.1 Å². The second kappa shape index (κ2) is 8.94. The van der Waals surface area contributed by atoms with Crippen molar-refractivity contribution in [1.29, 1.82) is 0 Å². The average molecular weight is 406 g/mol. The van der Waals surface area contributed by atoms with Gasteiger partial charge in [-0.3, -0.25) is 4.79 Å². The fourth-order valence-electron chi connectivity index (χ4n) is 3.65. The molecule has 0 radical (unpaired) electrons. The first-order valence-corrected chi connectivity index (χ1v) is 10.3. The molecule has 8 nitrogen and oxygen atoms in total. The fourth-order valence-corrected chi connectivity index (χ4v) is 3.65. The molecule has 0 unspecified atom stereocenters. The van der Waals surface area contributed by atoms with E-state index < -0.39 is 0 Å². The fraction of sp³-hybridized carbons (Fsp3) is 0.364. The summed E-state index contributed by atoms with van der Waals surface area (Å²) >= 11 is 0. The molecule has 30 heavy (non-hydrogen) atoms. The molecule has 0 atom stereocenters. The number of nitrogens with one attached hydrogen (secondary N) is 2. The minimum absolute atomic E-state index is 0.139. The van der Waals surface area contributed by atoms with Crippen LogP contribution in [0.15, 0.2) is 42.6 Å². The van der Waals surface area contributed by atoms with E-state index in [0.29, 0.717) is 24.6 Å². The van der Waals surface area contributed by atoms with Crippen LogP contribution in [0.3, 0.4) is 0 Å². The van der Waals surface area contributed by atoms with E-state index >= 15 is 0 Å². The number of carbonyl (C=O) groups excluding carboxylic acids is 1. The Morgan fingerprint density at radius 1 is 1.07 bits per heavy atom. The molecular formula is C22H27N7O. The molecule has 2 aromatic heterocycles. The summed E-state index contributed by atoms with van der Waals surface area (Å²) in [7, 11) is 0. The molecule has 1 aliphatic rings. The van der Waals surface area contributed by atoms with Crippen LogP contribution in [0, 0.1) is 13.8 Å². The summed E-state index contributed by atoms with van der Waals surface area (Å²) in [4.78, 5) is 23.9. The first kappa shape index (κ1) is 19.9. The molecule has 1 amide bonds. The highest BCUT2D eigenvalue weighted by Gasteiger charge is 2.16. The van der Waals surface area contributed by atoms with Crippen molar-refractivity contribution in [3.63, 3.8) is 0 Å². The summed E-state index contributed by atoms with van der Waals surface area (Å²) in [5.41, 5.74) is 3.24. The predicted octanol–water partition coefficient (Wildman–Crippen LogP) is 2.72. The van der Waals surface area contributed by atoms with E-state index in [2.05, 4.69) is 30.6 Å². The lowest BCUT2D eigenvalue weighted by atomic mass is 10.2. The first-order valence-electron chi connectivity index (χ1n) is 10.3. The molecule has 1 saturated heterocycles. The van der Waals surface area contributed by atoms with Crippen molar-refractivity contribution < 1.29 is 4.79 Å². The van der Waals surface area contributed by atoms with Gasteiger partial charge in [-0.15, -0.1) is 0 Å². The summed E-state index contributed by atoms with van der Waals surface area (Å²) in [6, 6.07) is 11.8. The van der Waals surface area contributed by atoms with Crippen molar-refractivity contribution in [3.8, 4) is 5.69 Å². The maximum atomic E-state index is 12.6. The summed E-state index contributed by atoms with van der Waals surface area (Å²) < 4.78 is 1.77. The Hall–Kier alpha value is -3.42. The first-order chi connectivity index (χ1) is 14.6. The van der Waals surface area contributed by atoms with Gasteiger partial charge in [0.2, 0.25) is 5.95 Å². The van der Waals surface area contributed by atoms with E-state index in [4.69, 9.17) is 0 Å². The van der Waals surface area contributed by atoms with E-state index in [9.17, 15) is 4.79 Å². The number of benzene rings is 1. The molecule has 0 bridgehead atoms. The van der Waals surface area contributed by atoms with Crippen molar-refractivity contribution >= 4 is 17.7 Å². The Morgan fingerprint density at radius 2 is 1.83 bits per heavy atom. The lowest BCUT2D eigenvalue weighted by molar-refractivity contribution is 0.0954. The Bertz CT molecular complexity index is 1010. The molecule has 0 saturated carbocycles. The Morgan fingerprint density at radius 3 is 2.60 bits per heavy atom. The standard InChI is InChI=1S/C22H27N7O/c1-16-14-20(28-12-6-7-13-28)27-22(26-16)24-11-10-23-21(30)19-15-25-29(17(19)2)18-8-4-3-5-9-18/h3-5,8-9,14-15H,6-7,10-13H2,1-2H3,(H,23,30)(H,24,26,27). The highest BCUT2D eigenvalue weighted by atomic mass is 16.1. The van der Waals surface area contributed by atoms with Crippen molar-refractivity contribution in [2.75, 3.05) is 36.4 Å². The van der Waals surface area contributed by atoms with Crippen LogP contribution in [-0.4, -0.2) is 51.8 Å². The number of rotatable bonds is 7. The van der Waals surface area contributed by atoms with E-state index in [-0.39, 0.29) is 5.91 Å². The summed E-state index contributed by atoms with van der Waals surface area (Å²) in [5, 5.41) is 10.5. The number of para-hydroxylation sites is 1. The van der Waals surface area contributed by atoms with Crippen LogP contribution in [0.1, 0.15) is 34.6 Å². The van der Waals surface area contributed by atoms with Crippen LogP contribution >= 0.6 is 0 Å². The molecule has 4 rings (SSSR count). The van der Waals surface area contributed by atoms with Gasteiger partial charge in [-0.25, -0.2) is 9.67 Å². The maximum absolute atomic E-state index is 12.6. The zero-order chi connectivity index (χ0) is 20.9. The SMILES string of the molecule is Cc1cc(N2CCCC2)nc(NCCNC(=O)c2cnn(-c3ccccc3)c2C)n1. The van der Waals surface area contributed by atoms with E-state index in [1.165, 1.54) is 12.8 Å². The van der Waals surface area contributed by atoms with Crippen molar-refractivity contribution in [3.05, 3.63) is 59.5 Å². The highest BCUT2D eigenvalue weighted by Crippen LogP contribution is 2.19. The molecule has 3 heterocycles. The molecule has 1 fully saturated rings. The van der Waals surface area contributed by atoms with Crippen LogP contribution in [-0.2, 0) is 0 Å². The van der Waals surface area contributed by atoms with Gasteiger partial charge in [-0.2, -0.15) is 10.1 Å². The van der Waals surface area contributed by atoms with E-state index in [0.717, 1.165) is 36.0 Å². The molecule has 0 aliphatic carbocycles. The maximum Gasteiger partial charge on any atom is 0.254 e. The van der Waals surface area contributed by atoms with Gasteiger partial charge in [0, 0.05) is 37.9 Å². The average Bonchev–Trinajstić information content (AvgIpc) is 3.41. The quantitative estimate of drug-likeness (QED) is 0.588. The van der Waals surface area contributed by atoms with Gasteiger partial charge in [0.1, 0.15) is 5.82 Å². The van der Waals surface area contributed by atoms with Gasteiger partial charge in [-0.05, 0) is 38.8 Å². The minimum atomic E-state index is -0.139. The van der Waals surface area contributed by atoms with Gasteiger partial charge in [0.05, 0.1) is 23.1 Å². The van der Waals surface area contributed by atoms with Crippen LogP contribution < -0.4 is 15.5 Å². The van der Waals surface area contributed by atoms with E-state index in [1.807, 2.05) is 50.2 Å². The molecule has 0 spiro atoms. The molecule has 8 heteroatoms. The molecule has 156 valence electrons. The summed E-state index contributed by atoms with van der Waals surface area (Å²) in [6.07, 6.45) is 4.02. The van der Waals surface area contributed by atoms with Crippen LogP contribution in [0.25, 0.3) is 5.69 Å². The number of nitrogens with zero attached hydrogens (tertiary/aromatic N) is 5. The van der Waals surface area contributed by atoms with Crippen molar-refractivity contribution in [2.24, 2.45) is 0 Å². The zero-order valence-electron chi connectivity index (χ0n) is 17.4. The lowest BCUT2D eigenvalue weighted by Gasteiger charge is -2.17. The third kappa shape index (κ3) is 4.42. The van der Waals surface area contributed by atoms with E-state index in [1.54, 1.807) is 10.9 Å². The zero-order valence-corrected chi connectivity index (χ0v) is 17.4. The highest BCUT2D eigenvalue weighted by molar-refractivity contribution is 5.95. The van der Waals surface area contributed by atoms with Gasteiger partial charge < -0.3 is 15.5 Å². The smallest absolute Gasteiger partial charge is 0.254 e. The van der Waals surface area contributed by atoms with Crippen LogP contribution in [0.5, 0.6) is 0 Å². The number of anilines is 2. The number of aryl methyl sites for hydroxylation is 1. The third-order valence-electron chi connectivity index (χ3n) is 5.22. The second-order valence-electron chi connectivity index (χ2n) is 7.46. The number of aromatic nitrogens is 4. The second-order valence-corrected chi connectivity index (χ2v) is 7.46. The lowest BCUT2D eigenvalue weighted by Crippen LogP contribution is -2.29. The Labute approximate surface area is 176 Å². The van der Waals surface area contributed by atoms with Gasteiger partial charge in [-0.1, -0.05) is 18.2 Å². The topological polar surface area (TPSA) is 88.0 Å². The monoisotopic (exact) mass is 405 g/mol. The third-order valence-corrected chi connectivity index (χ3v) is 5.22. The molecule has 2 N–H and O–H groups in total. The molecular weight excluding hydrogens is 378 g/mol. The predicted molar refractivity (Wildman–Crippen MR) is 117 cm³/mol. The minimum Gasteiger partial charge on any atom is -0.356 e. The number of hydrogen-bond donors (Lipinski definition) is 2. The normalized spacial score (nSPS) is 13.5. The Kier molecular flexibility index (Phi) is 5.92. The van der Waals surface area contributed by atoms with Gasteiger partial charge >= 0.3 is 0 Å². The Balaban J connectivity index is 1.32. The van der Waals surface area contributed by atoms with Crippen LogP contribution in [0.4, 0.5) is 11.8 Å². The van der Waals surface area contributed by atoms with Gasteiger partial charge in [0.15, 0.2) is 0 Å². The number of amides is 1. The summed E-state index contributed by atoms with van der Waals surface area (Å²) in [6.45, 7) is 6.96. The molecule has 3 aromatic rings. The van der Waals surface area contributed by atoms with Crippen LogP contribution in [0.2, 0.25) is 0 Å². The summed E-state index contributed by atoms with van der Waals surface area (Å²) in [5.74, 6) is 1.43. The molecule has 1 aliphatic heterocycles.